The SMILES string of the molecule is O=S(=O)=c1cco[nH]1. The Balaban J connectivity index is 3.78. The maximum atomic E-state index is 9.97. The van der Waals surface area contributed by atoms with Crippen LogP contribution in [0.25, 0.3) is 0 Å². The second-order valence-corrected chi connectivity index (χ2v) is 2.03. The molecular weight excluding hydrogens is 130 g/mol. The lowest BCUT2D eigenvalue weighted by molar-refractivity contribution is 0.416. The zero-order chi connectivity index (χ0) is 5.98. The zero-order valence-corrected chi connectivity index (χ0v) is 4.60. The van der Waals surface area contributed by atoms with Crippen LogP contribution >= 0.6 is 0 Å². The minimum atomic E-state index is -2.20. The molecule has 0 unspecified atom stereocenters. The molecule has 4 nitrogen and oxygen atoms in total. The molecule has 1 heterocycles. The predicted molar refractivity (Wildman–Crippen MR) is 25.2 cm³/mol. The first-order valence-corrected chi connectivity index (χ1v) is 2.92. The van der Waals surface area contributed by atoms with E-state index in [-0.39, 0.29) is 4.64 Å². The molecule has 44 valence electrons. The highest BCUT2D eigenvalue weighted by Gasteiger charge is 1.78. The fourth-order valence-electron chi connectivity index (χ4n) is 0.312. The highest BCUT2D eigenvalue weighted by molar-refractivity contribution is 7.63. The first-order chi connectivity index (χ1) is 3.80. The fourth-order valence-corrected chi connectivity index (χ4v) is 0.594. The van der Waals surface area contributed by atoms with Crippen LogP contribution in [0.4, 0.5) is 0 Å². The lowest BCUT2D eigenvalue weighted by Crippen LogP contribution is -1.62. The van der Waals surface area contributed by atoms with Gasteiger partial charge < -0.3 is 4.52 Å². The van der Waals surface area contributed by atoms with E-state index in [0.717, 1.165) is 0 Å². The molecule has 1 rings (SSSR count). The normalized spacial score (nSPS) is 9.00. The van der Waals surface area contributed by atoms with Gasteiger partial charge in [-0.2, -0.15) is 8.42 Å². The minimum Gasteiger partial charge on any atom is -0.389 e. The van der Waals surface area contributed by atoms with E-state index < -0.39 is 10.3 Å². The van der Waals surface area contributed by atoms with Crippen molar-refractivity contribution >= 4 is 10.3 Å². The molecule has 0 aliphatic rings. The maximum Gasteiger partial charge on any atom is 0.241 e. The van der Waals surface area contributed by atoms with E-state index in [1.54, 1.807) is 0 Å². The molecule has 0 aromatic carbocycles. The van der Waals surface area contributed by atoms with E-state index in [0.29, 0.717) is 0 Å². The van der Waals surface area contributed by atoms with Crippen molar-refractivity contribution in [1.82, 2.24) is 5.16 Å². The second kappa shape index (κ2) is 1.87. The summed E-state index contributed by atoms with van der Waals surface area (Å²) in [5.41, 5.74) is 0. The maximum absolute atomic E-state index is 9.97. The third kappa shape index (κ3) is 0.812. The van der Waals surface area contributed by atoms with Gasteiger partial charge in [-0.3, -0.25) is 0 Å². The average Bonchev–Trinajstić information content (AvgIpc) is 2.12. The molecule has 0 saturated carbocycles. The number of hydrogen-bond acceptors (Lipinski definition) is 3. The Hall–Kier alpha value is -0.970. The van der Waals surface area contributed by atoms with E-state index in [2.05, 4.69) is 9.68 Å². The lowest BCUT2D eigenvalue weighted by atomic mass is 10.8. The van der Waals surface area contributed by atoms with Crippen LogP contribution in [-0.2, 0) is 10.3 Å². The van der Waals surface area contributed by atoms with Gasteiger partial charge in [-0.05, 0) is 0 Å². The highest BCUT2D eigenvalue weighted by Crippen LogP contribution is 1.79. The Morgan fingerprint density at radius 1 is 1.62 bits per heavy atom. The number of aromatic nitrogens is 1. The van der Waals surface area contributed by atoms with Crippen LogP contribution in [0.1, 0.15) is 0 Å². The molecule has 0 saturated heterocycles. The van der Waals surface area contributed by atoms with Crippen LogP contribution in [0.2, 0.25) is 0 Å². The summed E-state index contributed by atoms with van der Waals surface area (Å²) in [4.78, 5) is 0. The van der Waals surface area contributed by atoms with Gasteiger partial charge in [0.15, 0.2) is 4.64 Å². The summed E-state index contributed by atoms with van der Waals surface area (Å²) in [5.74, 6) is 0. The van der Waals surface area contributed by atoms with Gasteiger partial charge in [0.05, 0.1) is 0 Å². The van der Waals surface area contributed by atoms with Crippen molar-refractivity contribution in [2.75, 3.05) is 0 Å². The smallest absolute Gasteiger partial charge is 0.241 e. The molecule has 0 aliphatic heterocycles. The molecule has 1 N–H and O–H groups in total. The van der Waals surface area contributed by atoms with E-state index in [1.165, 1.54) is 12.3 Å². The van der Waals surface area contributed by atoms with E-state index >= 15 is 0 Å². The van der Waals surface area contributed by atoms with E-state index in [9.17, 15) is 8.42 Å². The fraction of sp³-hybridized carbons (Fsp3) is 0. The molecule has 8 heavy (non-hydrogen) atoms. The molecule has 0 bridgehead atoms. The molecule has 5 heteroatoms. The summed E-state index contributed by atoms with van der Waals surface area (Å²) in [6, 6.07) is 1.32. The van der Waals surface area contributed by atoms with Gasteiger partial charge in [-0.25, -0.2) is 5.16 Å². The molecule has 0 spiro atoms. The van der Waals surface area contributed by atoms with Crippen molar-refractivity contribution in [3.63, 3.8) is 0 Å². The first kappa shape index (κ1) is 5.17. The Kier molecular flexibility index (Phi) is 1.21. The van der Waals surface area contributed by atoms with Crippen LogP contribution in [-0.4, -0.2) is 13.6 Å². The van der Waals surface area contributed by atoms with Gasteiger partial charge in [0.2, 0.25) is 10.3 Å². The van der Waals surface area contributed by atoms with Gasteiger partial charge in [0, 0.05) is 6.07 Å². The summed E-state index contributed by atoms with van der Waals surface area (Å²) in [7, 11) is -2.20. The molecule has 0 fully saturated rings. The van der Waals surface area contributed by atoms with Crippen LogP contribution in [0, 0.1) is 4.64 Å². The molecule has 1 aromatic rings. The summed E-state index contributed by atoms with van der Waals surface area (Å²) in [6.45, 7) is 0. The first-order valence-electron chi connectivity index (χ1n) is 1.85. The third-order valence-corrected chi connectivity index (χ3v) is 1.21. The Morgan fingerprint density at radius 2 is 2.38 bits per heavy atom. The van der Waals surface area contributed by atoms with Crippen molar-refractivity contribution < 1.29 is 12.9 Å². The lowest BCUT2D eigenvalue weighted by Gasteiger charge is -1.57. The van der Waals surface area contributed by atoms with Crippen LogP contribution in [0.3, 0.4) is 0 Å². The van der Waals surface area contributed by atoms with Crippen molar-refractivity contribution in [3.8, 4) is 0 Å². The molecule has 0 radical (unpaired) electrons. The summed E-state index contributed by atoms with van der Waals surface area (Å²) >= 11 is 0. The van der Waals surface area contributed by atoms with Crippen LogP contribution in [0.5, 0.6) is 0 Å². The van der Waals surface area contributed by atoms with Crippen LogP contribution in [0.15, 0.2) is 16.9 Å². The summed E-state index contributed by atoms with van der Waals surface area (Å²) < 4.78 is 24.4. The predicted octanol–water partition coefficient (Wildman–Crippen LogP) is 0.0188. The van der Waals surface area contributed by atoms with Crippen molar-refractivity contribution in [3.05, 3.63) is 17.0 Å². The van der Waals surface area contributed by atoms with Crippen molar-refractivity contribution in [1.29, 1.82) is 0 Å². The summed E-state index contributed by atoms with van der Waals surface area (Å²) in [6.07, 6.45) is 1.26. The van der Waals surface area contributed by atoms with Crippen molar-refractivity contribution in [2.45, 2.75) is 0 Å². The monoisotopic (exact) mass is 133 g/mol. The van der Waals surface area contributed by atoms with Crippen molar-refractivity contribution in [2.24, 2.45) is 0 Å². The zero-order valence-electron chi connectivity index (χ0n) is 3.79. The molecule has 0 amide bonds. The Morgan fingerprint density at radius 3 is 2.62 bits per heavy atom. The topological polar surface area (TPSA) is 63.1 Å². The quantitative estimate of drug-likeness (QED) is 0.507. The van der Waals surface area contributed by atoms with Gasteiger partial charge in [0.25, 0.3) is 0 Å². The van der Waals surface area contributed by atoms with Gasteiger partial charge >= 0.3 is 0 Å². The van der Waals surface area contributed by atoms with Gasteiger partial charge in [0.1, 0.15) is 6.26 Å². The number of aromatic amines is 1. The summed E-state index contributed by atoms with van der Waals surface area (Å²) in [5, 5.41) is 2.15. The average molecular weight is 133 g/mol. The Labute approximate surface area is 46.3 Å². The number of H-pyrrole nitrogens is 1. The highest BCUT2D eigenvalue weighted by atomic mass is 32.2. The van der Waals surface area contributed by atoms with E-state index in [1.807, 2.05) is 0 Å². The van der Waals surface area contributed by atoms with E-state index in [4.69, 9.17) is 0 Å². The molecule has 0 atom stereocenters. The number of nitrogens with one attached hydrogen (secondary N) is 1. The number of hydrogen-bond donors (Lipinski definition) is 1. The number of rotatable bonds is 0. The second-order valence-electron chi connectivity index (χ2n) is 1.12. The molecular formula is C3H3NO3S. The molecule has 1 aromatic heterocycles. The standard InChI is InChI=1S/C3H3NO3S/c5-8(6)3-1-2-7-4-3/h1-2,4H. The molecule has 0 aliphatic carbocycles. The minimum absolute atomic E-state index is 0.0602. The Bertz CT molecular complexity index is 292. The van der Waals surface area contributed by atoms with Crippen LogP contribution < -0.4 is 0 Å². The third-order valence-electron chi connectivity index (χ3n) is 0.627. The largest absolute Gasteiger partial charge is 0.389 e. The van der Waals surface area contributed by atoms with Gasteiger partial charge in [-0.1, -0.05) is 0 Å². The van der Waals surface area contributed by atoms with Gasteiger partial charge in [-0.15, -0.1) is 0 Å².